The summed E-state index contributed by atoms with van der Waals surface area (Å²) < 4.78 is 63.9. The van der Waals surface area contributed by atoms with E-state index in [9.17, 15) is 27.5 Å². The first-order valence-corrected chi connectivity index (χ1v) is 7.02. The number of halogens is 4. The highest BCUT2D eigenvalue weighted by atomic mass is 19.4. The molecule has 0 spiro atoms. The molecule has 8 heteroatoms. The van der Waals surface area contributed by atoms with E-state index in [0.29, 0.717) is 0 Å². The van der Waals surface area contributed by atoms with Gasteiger partial charge in [-0.2, -0.15) is 13.2 Å². The molecule has 132 valence electrons. The Kier molecular flexibility index (Phi) is 4.28. The van der Waals surface area contributed by atoms with E-state index in [4.69, 9.17) is 9.47 Å². The standard InChI is InChI=1S/C16H16F4O4/c1-7-10(17)6-5-9(12(7)23-4)11-8(2)15(3,16(18,19)20)24-13(11)14(21)22/h5-6,8H,1-4H3,(H,21,22). The Bertz CT molecular complexity index is 724. The molecule has 0 radical (unpaired) electrons. The maximum absolute atomic E-state index is 13.7. The normalized spacial score (nSPS) is 24.1. The van der Waals surface area contributed by atoms with E-state index in [1.807, 2.05) is 0 Å². The van der Waals surface area contributed by atoms with Crippen LogP contribution in [0.3, 0.4) is 0 Å². The molecule has 0 saturated heterocycles. The van der Waals surface area contributed by atoms with Crippen LogP contribution in [0.25, 0.3) is 5.57 Å². The predicted octanol–water partition coefficient (Wildman–Crippen LogP) is 3.93. The molecule has 2 rings (SSSR count). The Hall–Kier alpha value is -2.25. The van der Waals surface area contributed by atoms with Gasteiger partial charge in [0.05, 0.1) is 7.11 Å². The molecule has 0 bridgehead atoms. The quantitative estimate of drug-likeness (QED) is 0.841. The molecule has 0 fully saturated rings. The van der Waals surface area contributed by atoms with Crippen molar-refractivity contribution >= 4 is 11.5 Å². The van der Waals surface area contributed by atoms with Crippen LogP contribution in [-0.2, 0) is 9.53 Å². The molecule has 1 aromatic carbocycles. The summed E-state index contributed by atoms with van der Waals surface area (Å²) in [6.45, 7) is 3.40. The lowest BCUT2D eigenvalue weighted by Crippen LogP contribution is -2.47. The molecule has 2 unspecified atom stereocenters. The van der Waals surface area contributed by atoms with Crippen LogP contribution in [0.1, 0.15) is 25.0 Å². The van der Waals surface area contributed by atoms with E-state index in [1.54, 1.807) is 0 Å². The fourth-order valence-electron chi connectivity index (χ4n) is 2.79. The molecule has 24 heavy (non-hydrogen) atoms. The van der Waals surface area contributed by atoms with Crippen molar-refractivity contribution in [3.63, 3.8) is 0 Å². The Morgan fingerprint density at radius 2 is 1.96 bits per heavy atom. The molecular formula is C16H16F4O4. The molecule has 2 atom stereocenters. The van der Waals surface area contributed by atoms with Crippen LogP contribution < -0.4 is 4.74 Å². The van der Waals surface area contributed by atoms with Crippen molar-refractivity contribution in [3.8, 4) is 5.75 Å². The van der Waals surface area contributed by atoms with Crippen LogP contribution >= 0.6 is 0 Å². The van der Waals surface area contributed by atoms with Gasteiger partial charge in [0, 0.05) is 22.6 Å². The second kappa shape index (κ2) is 5.68. The number of ether oxygens (including phenoxy) is 2. The molecule has 0 aromatic heterocycles. The fraction of sp³-hybridized carbons (Fsp3) is 0.438. The topological polar surface area (TPSA) is 55.8 Å². The summed E-state index contributed by atoms with van der Waals surface area (Å²) in [6, 6.07) is 2.25. The van der Waals surface area contributed by atoms with Crippen molar-refractivity contribution in [1.29, 1.82) is 0 Å². The first kappa shape index (κ1) is 18.1. The molecule has 1 aromatic rings. The number of benzene rings is 1. The molecule has 4 nitrogen and oxygen atoms in total. The second-order valence-corrected chi connectivity index (χ2v) is 5.73. The summed E-state index contributed by atoms with van der Waals surface area (Å²) in [7, 11) is 1.23. The van der Waals surface area contributed by atoms with Crippen LogP contribution in [0, 0.1) is 18.7 Å². The molecule has 0 amide bonds. The SMILES string of the molecule is COc1c(C2=C(C(=O)O)OC(C)(C(F)(F)F)C2C)ccc(F)c1C. The zero-order valence-electron chi connectivity index (χ0n) is 13.4. The first-order valence-electron chi connectivity index (χ1n) is 7.02. The van der Waals surface area contributed by atoms with Gasteiger partial charge in [0.1, 0.15) is 11.6 Å². The van der Waals surface area contributed by atoms with Gasteiger partial charge in [0.25, 0.3) is 0 Å². The number of hydrogen-bond acceptors (Lipinski definition) is 3. The molecular weight excluding hydrogens is 332 g/mol. The lowest BCUT2D eigenvalue weighted by Gasteiger charge is -2.32. The van der Waals surface area contributed by atoms with Crippen LogP contribution in [0.5, 0.6) is 5.75 Å². The summed E-state index contributed by atoms with van der Waals surface area (Å²) in [5, 5.41) is 9.28. The van der Waals surface area contributed by atoms with Crippen molar-refractivity contribution in [1.82, 2.24) is 0 Å². The predicted molar refractivity (Wildman–Crippen MR) is 77.0 cm³/mol. The smallest absolute Gasteiger partial charge is 0.428 e. The van der Waals surface area contributed by atoms with Gasteiger partial charge >= 0.3 is 12.1 Å². The lowest BCUT2D eigenvalue weighted by atomic mass is 9.82. The van der Waals surface area contributed by atoms with E-state index < -0.39 is 35.2 Å². The van der Waals surface area contributed by atoms with E-state index in [2.05, 4.69) is 0 Å². The maximum Gasteiger partial charge on any atom is 0.428 e. The largest absolute Gasteiger partial charge is 0.496 e. The molecule has 1 aliphatic heterocycles. The number of rotatable bonds is 3. The van der Waals surface area contributed by atoms with Crippen molar-refractivity contribution in [2.45, 2.75) is 32.5 Å². The lowest BCUT2D eigenvalue weighted by molar-refractivity contribution is -0.262. The van der Waals surface area contributed by atoms with E-state index in [-0.39, 0.29) is 22.4 Å². The number of carboxylic acid groups (broad SMARTS) is 1. The van der Waals surface area contributed by atoms with Gasteiger partial charge in [-0.3, -0.25) is 0 Å². The van der Waals surface area contributed by atoms with Crippen LogP contribution in [0.2, 0.25) is 0 Å². The summed E-state index contributed by atoms with van der Waals surface area (Å²) in [6.07, 6.45) is -4.79. The maximum atomic E-state index is 13.7. The zero-order valence-corrected chi connectivity index (χ0v) is 13.4. The van der Waals surface area contributed by atoms with E-state index in [0.717, 1.165) is 13.0 Å². The average Bonchev–Trinajstić information content (AvgIpc) is 2.75. The van der Waals surface area contributed by atoms with Crippen LogP contribution in [0.15, 0.2) is 17.9 Å². The minimum absolute atomic E-state index is 0.0226. The van der Waals surface area contributed by atoms with Gasteiger partial charge in [-0.15, -0.1) is 0 Å². The average molecular weight is 348 g/mol. The molecule has 1 heterocycles. The van der Waals surface area contributed by atoms with Crippen LogP contribution in [0.4, 0.5) is 17.6 Å². The minimum Gasteiger partial charge on any atom is -0.496 e. The number of alkyl halides is 3. The number of hydrogen-bond donors (Lipinski definition) is 1. The highest BCUT2D eigenvalue weighted by Crippen LogP contribution is 2.53. The third-order valence-electron chi connectivity index (χ3n) is 4.41. The zero-order chi connectivity index (χ0) is 18.4. The van der Waals surface area contributed by atoms with Crippen molar-refractivity contribution in [2.24, 2.45) is 5.92 Å². The Morgan fingerprint density at radius 3 is 2.42 bits per heavy atom. The first-order chi connectivity index (χ1) is 11.0. The monoisotopic (exact) mass is 348 g/mol. The Morgan fingerprint density at radius 1 is 1.38 bits per heavy atom. The van der Waals surface area contributed by atoms with Crippen molar-refractivity contribution in [2.75, 3.05) is 7.11 Å². The fourth-order valence-corrected chi connectivity index (χ4v) is 2.79. The summed E-state index contributed by atoms with van der Waals surface area (Å²) in [5.41, 5.74) is -2.75. The number of carboxylic acids is 1. The molecule has 1 aliphatic rings. The highest BCUT2D eigenvalue weighted by molar-refractivity contribution is 5.97. The number of carbonyl (C=O) groups is 1. The third-order valence-corrected chi connectivity index (χ3v) is 4.41. The summed E-state index contributed by atoms with van der Waals surface area (Å²) in [5.74, 6) is -4.41. The van der Waals surface area contributed by atoms with E-state index in [1.165, 1.54) is 27.0 Å². The number of methoxy groups -OCH3 is 1. The molecule has 0 saturated carbocycles. The van der Waals surface area contributed by atoms with Gasteiger partial charge in [-0.1, -0.05) is 6.92 Å². The second-order valence-electron chi connectivity index (χ2n) is 5.73. The minimum atomic E-state index is -4.79. The van der Waals surface area contributed by atoms with E-state index >= 15 is 0 Å². The van der Waals surface area contributed by atoms with Gasteiger partial charge in [-0.25, -0.2) is 9.18 Å². The van der Waals surface area contributed by atoms with Gasteiger partial charge in [-0.05, 0) is 26.0 Å². The Balaban J connectivity index is 2.73. The highest BCUT2D eigenvalue weighted by Gasteiger charge is 2.63. The number of aliphatic carboxylic acids is 1. The molecule has 1 N–H and O–H groups in total. The van der Waals surface area contributed by atoms with Gasteiger partial charge < -0.3 is 14.6 Å². The Labute approximate surface area is 135 Å². The van der Waals surface area contributed by atoms with Crippen molar-refractivity contribution in [3.05, 3.63) is 34.8 Å². The third kappa shape index (κ3) is 2.50. The van der Waals surface area contributed by atoms with Gasteiger partial charge in [0.15, 0.2) is 0 Å². The molecule has 0 aliphatic carbocycles. The summed E-state index contributed by atoms with van der Waals surface area (Å²) in [4.78, 5) is 11.4. The van der Waals surface area contributed by atoms with Crippen molar-refractivity contribution < 1.29 is 36.9 Å². The van der Waals surface area contributed by atoms with Crippen LogP contribution in [-0.4, -0.2) is 30.0 Å². The summed E-state index contributed by atoms with van der Waals surface area (Å²) >= 11 is 0. The van der Waals surface area contributed by atoms with Gasteiger partial charge in [0.2, 0.25) is 11.4 Å².